The molecule has 0 aliphatic rings. The number of halogens is 1. The summed E-state index contributed by atoms with van der Waals surface area (Å²) in [6.45, 7) is 2.13. The van der Waals surface area contributed by atoms with Gasteiger partial charge in [-0.25, -0.2) is 12.8 Å². The van der Waals surface area contributed by atoms with E-state index in [0.29, 0.717) is 0 Å². The number of sulfonamides is 1. The van der Waals surface area contributed by atoms with E-state index in [1.807, 2.05) is 31.2 Å². The smallest absolute Gasteiger partial charge is 0.243 e. The Morgan fingerprint density at radius 3 is 2.48 bits per heavy atom. The van der Waals surface area contributed by atoms with E-state index in [1.165, 1.54) is 17.4 Å². The topological polar surface area (TPSA) is 63.4 Å². The number of nitrogens with two attached hydrogens (primary N) is 1. The molecule has 2 aromatic carbocycles. The average molecular weight is 308 g/mol. The molecule has 2 N–H and O–H groups in total. The number of hydrogen-bond donors (Lipinski definition) is 1. The molecule has 0 amide bonds. The van der Waals surface area contributed by atoms with Crippen molar-refractivity contribution < 1.29 is 12.8 Å². The lowest BCUT2D eigenvalue weighted by atomic mass is 10.1. The maximum atomic E-state index is 13.3. The molecule has 2 aromatic rings. The highest BCUT2D eigenvalue weighted by atomic mass is 32.2. The predicted molar refractivity (Wildman–Crippen MR) is 80.6 cm³/mol. The Kier molecular flexibility index (Phi) is 4.29. The fourth-order valence-electron chi connectivity index (χ4n) is 2.03. The molecule has 6 heteroatoms. The summed E-state index contributed by atoms with van der Waals surface area (Å²) in [6, 6.07) is 10.8. The van der Waals surface area contributed by atoms with Crippen molar-refractivity contribution in [3.05, 3.63) is 59.4 Å². The van der Waals surface area contributed by atoms with Gasteiger partial charge < -0.3 is 5.73 Å². The number of nitrogens with zero attached hydrogens (tertiary/aromatic N) is 1. The quantitative estimate of drug-likeness (QED) is 0.883. The molecule has 0 aromatic heterocycles. The standard InChI is InChI=1S/C15H17FN2O2S/c1-11-5-3-4-6-12(11)10-18(2)21(19,20)15-8-13(16)7-14(17)9-15/h3-9H,10,17H2,1-2H3. The second kappa shape index (κ2) is 5.83. The Labute approximate surface area is 124 Å². The van der Waals surface area contributed by atoms with Gasteiger partial charge in [-0.15, -0.1) is 0 Å². The van der Waals surface area contributed by atoms with E-state index >= 15 is 0 Å². The summed E-state index contributed by atoms with van der Waals surface area (Å²) >= 11 is 0. The highest BCUT2D eigenvalue weighted by Crippen LogP contribution is 2.21. The minimum atomic E-state index is -3.79. The maximum absolute atomic E-state index is 13.3. The fraction of sp³-hybridized carbons (Fsp3) is 0.200. The monoisotopic (exact) mass is 308 g/mol. The van der Waals surface area contributed by atoms with E-state index < -0.39 is 15.8 Å². The first-order valence-electron chi connectivity index (χ1n) is 6.37. The van der Waals surface area contributed by atoms with Gasteiger partial charge in [-0.3, -0.25) is 0 Å². The van der Waals surface area contributed by atoms with E-state index in [1.54, 1.807) is 0 Å². The number of hydrogen-bond acceptors (Lipinski definition) is 3. The number of benzene rings is 2. The summed E-state index contributed by atoms with van der Waals surface area (Å²) in [4.78, 5) is -0.143. The average Bonchev–Trinajstić information content (AvgIpc) is 2.40. The Morgan fingerprint density at radius 1 is 1.19 bits per heavy atom. The van der Waals surface area contributed by atoms with Gasteiger partial charge in [0.15, 0.2) is 0 Å². The number of anilines is 1. The molecule has 0 spiro atoms. The molecule has 0 atom stereocenters. The van der Waals surface area contributed by atoms with Gasteiger partial charge in [0.05, 0.1) is 4.90 Å². The molecule has 0 aliphatic carbocycles. The van der Waals surface area contributed by atoms with Gasteiger partial charge in [0.2, 0.25) is 10.0 Å². The van der Waals surface area contributed by atoms with E-state index in [0.717, 1.165) is 23.3 Å². The molecule has 0 saturated carbocycles. The van der Waals surface area contributed by atoms with Crippen LogP contribution in [0.2, 0.25) is 0 Å². The van der Waals surface area contributed by atoms with Crippen molar-refractivity contribution in [2.45, 2.75) is 18.4 Å². The Morgan fingerprint density at radius 2 is 1.86 bits per heavy atom. The lowest BCUT2D eigenvalue weighted by molar-refractivity contribution is 0.465. The largest absolute Gasteiger partial charge is 0.399 e. The van der Waals surface area contributed by atoms with Crippen LogP contribution < -0.4 is 5.73 Å². The molecule has 2 rings (SSSR count). The van der Waals surface area contributed by atoms with Crippen LogP contribution in [0, 0.1) is 12.7 Å². The van der Waals surface area contributed by atoms with Crippen molar-refractivity contribution in [2.75, 3.05) is 12.8 Å². The molecular weight excluding hydrogens is 291 g/mol. The number of rotatable bonds is 4. The molecule has 0 unspecified atom stereocenters. The molecule has 4 nitrogen and oxygen atoms in total. The zero-order valence-electron chi connectivity index (χ0n) is 11.9. The van der Waals surface area contributed by atoms with Crippen LogP contribution in [0.25, 0.3) is 0 Å². The lowest BCUT2D eigenvalue weighted by Gasteiger charge is -2.18. The molecule has 0 radical (unpaired) electrons. The van der Waals surface area contributed by atoms with E-state index in [4.69, 9.17) is 5.73 Å². The van der Waals surface area contributed by atoms with Gasteiger partial charge in [-0.05, 0) is 36.2 Å². The second-order valence-corrected chi connectivity index (χ2v) is 6.95. The molecule has 0 heterocycles. The third-order valence-corrected chi connectivity index (χ3v) is 5.04. The first-order chi connectivity index (χ1) is 9.80. The lowest BCUT2D eigenvalue weighted by Crippen LogP contribution is -2.27. The summed E-state index contributed by atoms with van der Waals surface area (Å²) in [6.07, 6.45) is 0. The summed E-state index contributed by atoms with van der Waals surface area (Å²) < 4.78 is 39.4. The molecule has 112 valence electrons. The molecule has 0 saturated heterocycles. The minimum absolute atomic E-state index is 0.0814. The van der Waals surface area contributed by atoms with E-state index in [2.05, 4.69) is 0 Å². The zero-order chi connectivity index (χ0) is 15.6. The predicted octanol–water partition coefficient (Wildman–Crippen LogP) is 2.54. The van der Waals surface area contributed by atoms with Crippen molar-refractivity contribution in [2.24, 2.45) is 0 Å². The van der Waals surface area contributed by atoms with Gasteiger partial charge in [0.25, 0.3) is 0 Å². The zero-order valence-corrected chi connectivity index (χ0v) is 12.7. The Bertz CT molecular complexity index is 740. The van der Waals surface area contributed by atoms with E-state index in [9.17, 15) is 12.8 Å². The van der Waals surface area contributed by atoms with Gasteiger partial charge in [0, 0.05) is 19.3 Å². The van der Waals surface area contributed by atoms with Crippen LogP contribution in [0.3, 0.4) is 0 Å². The Balaban J connectivity index is 2.33. The van der Waals surface area contributed by atoms with Gasteiger partial charge in [-0.2, -0.15) is 4.31 Å². The summed E-state index contributed by atoms with van der Waals surface area (Å²) in [5, 5.41) is 0. The number of aryl methyl sites for hydroxylation is 1. The van der Waals surface area contributed by atoms with Gasteiger partial charge in [-0.1, -0.05) is 24.3 Å². The second-order valence-electron chi connectivity index (χ2n) is 4.91. The molecule has 0 fully saturated rings. The maximum Gasteiger partial charge on any atom is 0.243 e. The van der Waals surface area contributed by atoms with Gasteiger partial charge >= 0.3 is 0 Å². The van der Waals surface area contributed by atoms with E-state index in [-0.39, 0.29) is 17.1 Å². The van der Waals surface area contributed by atoms with Crippen LogP contribution in [0.5, 0.6) is 0 Å². The first-order valence-corrected chi connectivity index (χ1v) is 7.81. The highest BCUT2D eigenvalue weighted by molar-refractivity contribution is 7.89. The van der Waals surface area contributed by atoms with Crippen molar-refractivity contribution in [3.63, 3.8) is 0 Å². The SMILES string of the molecule is Cc1ccccc1CN(C)S(=O)(=O)c1cc(N)cc(F)c1. The third kappa shape index (κ3) is 3.40. The molecule has 21 heavy (non-hydrogen) atoms. The molecule has 0 bridgehead atoms. The third-order valence-electron chi connectivity index (χ3n) is 3.26. The molecule has 0 aliphatic heterocycles. The minimum Gasteiger partial charge on any atom is -0.399 e. The highest BCUT2D eigenvalue weighted by Gasteiger charge is 2.22. The fourth-order valence-corrected chi connectivity index (χ4v) is 3.24. The van der Waals surface area contributed by atoms with Crippen LogP contribution in [-0.4, -0.2) is 19.8 Å². The molecular formula is C15H17FN2O2S. The summed E-state index contributed by atoms with van der Waals surface area (Å²) in [7, 11) is -2.32. The van der Waals surface area contributed by atoms with Crippen molar-refractivity contribution in [3.8, 4) is 0 Å². The Hall–Kier alpha value is -1.92. The normalized spacial score (nSPS) is 11.8. The van der Waals surface area contributed by atoms with Crippen molar-refractivity contribution in [1.82, 2.24) is 4.31 Å². The van der Waals surface area contributed by atoms with Crippen molar-refractivity contribution >= 4 is 15.7 Å². The summed E-state index contributed by atoms with van der Waals surface area (Å²) in [5.41, 5.74) is 7.49. The van der Waals surface area contributed by atoms with Crippen LogP contribution in [0.4, 0.5) is 10.1 Å². The first kappa shape index (κ1) is 15.5. The van der Waals surface area contributed by atoms with Crippen LogP contribution in [0.1, 0.15) is 11.1 Å². The summed E-state index contributed by atoms with van der Waals surface area (Å²) in [5.74, 6) is -0.669. The van der Waals surface area contributed by atoms with Gasteiger partial charge in [0.1, 0.15) is 5.82 Å². The van der Waals surface area contributed by atoms with Crippen LogP contribution >= 0.6 is 0 Å². The number of nitrogen functional groups attached to an aromatic ring is 1. The van der Waals surface area contributed by atoms with Crippen molar-refractivity contribution in [1.29, 1.82) is 0 Å². The van der Waals surface area contributed by atoms with Crippen LogP contribution in [0.15, 0.2) is 47.4 Å². The van der Waals surface area contributed by atoms with Crippen LogP contribution in [-0.2, 0) is 16.6 Å².